The highest BCUT2D eigenvalue weighted by atomic mass is 16.5. The van der Waals surface area contributed by atoms with E-state index in [0.29, 0.717) is 0 Å². The molecular weight excluding hydrogens is 232 g/mol. The molecular formula is C18H30O. The molecule has 1 heteroatoms. The third-order valence-corrected chi connectivity index (χ3v) is 4.03. The number of benzene rings is 1. The van der Waals surface area contributed by atoms with Crippen molar-refractivity contribution in [2.75, 3.05) is 7.11 Å². The van der Waals surface area contributed by atoms with Crippen LogP contribution in [0, 0.1) is 20.8 Å². The van der Waals surface area contributed by atoms with Crippen LogP contribution in [0.3, 0.4) is 0 Å². The van der Waals surface area contributed by atoms with Crippen molar-refractivity contribution in [1.29, 1.82) is 0 Å². The minimum Gasteiger partial charge on any atom is -0.496 e. The highest BCUT2D eigenvalue weighted by Gasteiger charge is 2.31. The molecule has 0 saturated carbocycles. The van der Waals surface area contributed by atoms with Crippen LogP contribution in [0.5, 0.6) is 5.75 Å². The topological polar surface area (TPSA) is 9.23 Å². The Kier molecular flexibility index (Phi) is 4.10. The van der Waals surface area contributed by atoms with Crippen LogP contribution in [0.25, 0.3) is 0 Å². The molecule has 0 spiro atoms. The van der Waals surface area contributed by atoms with E-state index in [1.807, 2.05) is 0 Å². The zero-order valence-electron chi connectivity index (χ0n) is 14.4. The van der Waals surface area contributed by atoms with Crippen LogP contribution in [-0.2, 0) is 10.8 Å². The first kappa shape index (κ1) is 16.1. The van der Waals surface area contributed by atoms with Crippen LogP contribution >= 0.6 is 0 Å². The minimum atomic E-state index is 0.0912. The summed E-state index contributed by atoms with van der Waals surface area (Å²) in [5, 5.41) is 0. The first-order valence-electron chi connectivity index (χ1n) is 7.11. The lowest BCUT2D eigenvalue weighted by Crippen LogP contribution is -2.22. The van der Waals surface area contributed by atoms with Gasteiger partial charge in [-0.1, -0.05) is 41.5 Å². The number of hydrogen-bond acceptors (Lipinski definition) is 1. The second kappa shape index (κ2) is 4.85. The van der Waals surface area contributed by atoms with E-state index in [4.69, 9.17) is 4.74 Å². The highest BCUT2D eigenvalue weighted by Crippen LogP contribution is 2.44. The molecule has 0 saturated heterocycles. The van der Waals surface area contributed by atoms with Crippen molar-refractivity contribution < 1.29 is 4.74 Å². The van der Waals surface area contributed by atoms with Crippen LogP contribution in [0.4, 0.5) is 0 Å². The molecule has 0 unspecified atom stereocenters. The quantitative estimate of drug-likeness (QED) is 0.674. The average molecular weight is 262 g/mol. The van der Waals surface area contributed by atoms with Crippen LogP contribution in [0.15, 0.2) is 0 Å². The van der Waals surface area contributed by atoms with Gasteiger partial charge in [0, 0.05) is 11.1 Å². The van der Waals surface area contributed by atoms with E-state index in [2.05, 4.69) is 62.3 Å². The summed E-state index contributed by atoms with van der Waals surface area (Å²) in [5.41, 5.74) is 7.02. The molecule has 1 rings (SSSR count). The summed E-state index contributed by atoms with van der Waals surface area (Å²) < 4.78 is 5.85. The zero-order chi connectivity index (χ0) is 15.2. The van der Waals surface area contributed by atoms with Gasteiger partial charge in [-0.15, -0.1) is 0 Å². The van der Waals surface area contributed by atoms with Crippen molar-refractivity contribution in [2.24, 2.45) is 0 Å². The first-order chi connectivity index (χ1) is 8.42. The Hall–Kier alpha value is -0.980. The van der Waals surface area contributed by atoms with Crippen molar-refractivity contribution in [1.82, 2.24) is 0 Å². The molecule has 0 radical (unpaired) electrons. The first-order valence-corrected chi connectivity index (χ1v) is 7.11. The fourth-order valence-electron chi connectivity index (χ4n) is 3.13. The number of rotatable bonds is 1. The lowest BCUT2D eigenvalue weighted by Gasteiger charge is -2.33. The maximum absolute atomic E-state index is 5.85. The van der Waals surface area contributed by atoms with Gasteiger partial charge in [-0.2, -0.15) is 0 Å². The summed E-state index contributed by atoms with van der Waals surface area (Å²) in [6.07, 6.45) is 0. The fourth-order valence-corrected chi connectivity index (χ4v) is 3.13. The molecule has 0 aromatic heterocycles. The van der Waals surface area contributed by atoms with Crippen molar-refractivity contribution in [2.45, 2.75) is 73.1 Å². The molecule has 0 atom stereocenters. The van der Waals surface area contributed by atoms with Crippen molar-refractivity contribution in [3.63, 3.8) is 0 Å². The molecule has 19 heavy (non-hydrogen) atoms. The average Bonchev–Trinajstić information content (AvgIpc) is 2.21. The van der Waals surface area contributed by atoms with Gasteiger partial charge in [-0.25, -0.2) is 0 Å². The minimum absolute atomic E-state index is 0.0912. The summed E-state index contributed by atoms with van der Waals surface area (Å²) in [5.74, 6) is 1.08. The van der Waals surface area contributed by atoms with E-state index in [-0.39, 0.29) is 10.8 Å². The molecule has 1 aromatic carbocycles. The fraction of sp³-hybridized carbons (Fsp3) is 0.667. The molecule has 0 heterocycles. The Bertz CT molecular complexity index is 441. The zero-order valence-corrected chi connectivity index (χ0v) is 14.4. The van der Waals surface area contributed by atoms with Gasteiger partial charge < -0.3 is 4.74 Å². The molecule has 0 N–H and O–H groups in total. The van der Waals surface area contributed by atoms with Gasteiger partial charge in [-0.05, 0) is 48.3 Å². The van der Waals surface area contributed by atoms with Crippen molar-refractivity contribution in [3.8, 4) is 5.75 Å². The van der Waals surface area contributed by atoms with Crippen LogP contribution in [0.2, 0.25) is 0 Å². The van der Waals surface area contributed by atoms with E-state index in [0.717, 1.165) is 5.75 Å². The second-order valence-electron chi connectivity index (χ2n) is 7.66. The smallest absolute Gasteiger partial charge is 0.126 e. The molecule has 0 aliphatic carbocycles. The highest BCUT2D eigenvalue weighted by molar-refractivity contribution is 5.59. The molecule has 108 valence electrons. The van der Waals surface area contributed by atoms with Gasteiger partial charge in [-0.3, -0.25) is 0 Å². The van der Waals surface area contributed by atoms with E-state index in [9.17, 15) is 0 Å². The van der Waals surface area contributed by atoms with E-state index in [1.165, 1.54) is 27.8 Å². The van der Waals surface area contributed by atoms with E-state index >= 15 is 0 Å². The molecule has 0 fully saturated rings. The predicted molar refractivity (Wildman–Crippen MR) is 84.6 cm³/mol. The van der Waals surface area contributed by atoms with Crippen LogP contribution < -0.4 is 4.74 Å². The van der Waals surface area contributed by atoms with Gasteiger partial charge >= 0.3 is 0 Å². The Morgan fingerprint density at radius 2 is 0.947 bits per heavy atom. The summed E-state index contributed by atoms with van der Waals surface area (Å²) in [6.45, 7) is 20.2. The molecule has 1 aromatic rings. The van der Waals surface area contributed by atoms with E-state index < -0.39 is 0 Å². The standard InChI is InChI=1S/C18H30O/c1-11-12(2)14(17(4,5)6)16(19-10)15(13(11)3)18(7,8)9/h1-10H3. The predicted octanol–water partition coefficient (Wildman–Crippen LogP) is 5.22. The molecule has 0 amide bonds. The number of ether oxygens (including phenoxy) is 1. The molecule has 0 aliphatic heterocycles. The maximum Gasteiger partial charge on any atom is 0.126 e. The van der Waals surface area contributed by atoms with Gasteiger partial charge in [0.05, 0.1) is 7.11 Å². The molecule has 1 nitrogen and oxygen atoms in total. The monoisotopic (exact) mass is 262 g/mol. The van der Waals surface area contributed by atoms with Crippen LogP contribution in [0.1, 0.15) is 69.4 Å². The summed E-state index contributed by atoms with van der Waals surface area (Å²) in [7, 11) is 1.80. The Morgan fingerprint density at radius 1 is 0.632 bits per heavy atom. The maximum atomic E-state index is 5.85. The molecule has 0 bridgehead atoms. The van der Waals surface area contributed by atoms with Gasteiger partial charge in [0.2, 0.25) is 0 Å². The third-order valence-electron chi connectivity index (χ3n) is 4.03. The van der Waals surface area contributed by atoms with Gasteiger partial charge in [0.25, 0.3) is 0 Å². The summed E-state index contributed by atoms with van der Waals surface area (Å²) in [6, 6.07) is 0. The third kappa shape index (κ3) is 2.80. The number of methoxy groups -OCH3 is 1. The largest absolute Gasteiger partial charge is 0.496 e. The summed E-state index contributed by atoms with van der Waals surface area (Å²) >= 11 is 0. The normalized spacial score (nSPS) is 12.7. The second-order valence-corrected chi connectivity index (χ2v) is 7.66. The Balaban J connectivity index is 3.91. The summed E-state index contributed by atoms with van der Waals surface area (Å²) in [4.78, 5) is 0. The van der Waals surface area contributed by atoms with Crippen LogP contribution in [-0.4, -0.2) is 7.11 Å². The van der Waals surface area contributed by atoms with Gasteiger partial charge in [0.1, 0.15) is 5.75 Å². The number of hydrogen-bond donors (Lipinski definition) is 0. The van der Waals surface area contributed by atoms with Crippen molar-refractivity contribution in [3.05, 3.63) is 27.8 Å². The lowest BCUT2D eigenvalue weighted by molar-refractivity contribution is 0.379. The van der Waals surface area contributed by atoms with Crippen molar-refractivity contribution >= 4 is 0 Å². The molecule has 0 aliphatic rings. The Labute approximate surface area is 119 Å². The van der Waals surface area contributed by atoms with E-state index in [1.54, 1.807) is 7.11 Å². The van der Waals surface area contributed by atoms with Gasteiger partial charge in [0.15, 0.2) is 0 Å². The lowest BCUT2D eigenvalue weighted by atomic mass is 9.74. The SMILES string of the molecule is COc1c(C(C)(C)C)c(C)c(C)c(C)c1C(C)(C)C. The Morgan fingerprint density at radius 3 is 1.16 bits per heavy atom.